The summed E-state index contributed by atoms with van der Waals surface area (Å²) in [5, 5.41) is 4.07. The number of hydrogen-bond donors (Lipinski definition) is 1. The number of halogens is 1. The van der Waals surface area contributed by atoms with Crippen molar-refractivity contribution >= 4 is 34.0 Å². The van der Waals surface area contributed by atoms with Crippen molar-refractivity contribution in [2.45, 2.75) is 6.42 Å². The lowest BCUT2D eigenvalue weighted by atomic mass is 10.1. The van der Waals surface area contributed by atoms with E-state index in [2.05, 4.69) is 20.3 Å². The van der Waals surface area contributed by atoms with E-state index in [-0.39, 0.29) is 5.91 Å². The SMILES string of the molecule is O=C(Nc1ncc(Cc2cccc(Cl)c2)s1)c1ccc(-n2ccnc2)nc1. The van der Waals surface area contributed by atoms with Gasteiger partial charge in [0.05, 0.1) is 5.56 Å². The van der Waals surface area contributed by atoms with Gasteiger partial charge in [0.2, 0.25) is 0 Å². The van der Waals surface area contributed by atoms with Crippen molar-refractivity contribution in [2.75, 3.05) is 5.32 Å². The monoisotopic (exact) mass is 395 g/mol. The zero-order valence-electron chi connectivity index (χ0n) is 14.0. The van der Waals surface area contributed by atoms with Crippen molar-refractivity contribution in [1.82, 2.24) is 19.5 Å². The number of rotatable bonds is 5. The highest BCUT2D eigenvalue weighted by molar-refractivity contribution is 7.15. The number of anilines is 1. The average Bonchev–Trinajstić information content (AvgIpc) is 3.34. The van der Waals surface area contributed by atoms with Crippen LogP contribution < -0.4 is 5.32 Å². The van der Waals surface area contributed by atoms with E-state index in [1.165, 1.54) is 17.5 Å². The third-order valence-electron chi connectivity index (χ3n) is 3.82. The number of carbonyl (C=O) groups is 1. The number of imidazole rings is 1. The Morgan fingerprint density at radius 1 is 1.19 bits per heavy atom. The first kappa shape index (κ1) is 17.4. The number of benzene rings is 1. The molecule has 1 amide bonds. The van der Waals surface area contributed by atoms with E-state index in [1.54, 1.807) is 41.6 Å². The summed E-state index contributed by atoms with van der Waals surface area (Å²) in [6.07, 6.45) is 9.13. The van der Waals surface area contributed by atoms with Gasteiger partial charge in [-0.2, -0.15) is 0 Å². The van der Waals surface area contributed by atoms with E-state index in [4.69, 9.17) is 11.6 Å². The Hall–Kier alpha value is -3.03. The molecular weight excluding hydrogens is 382 g/mol. The number of carbonyl (C=O) groups excluding carboxylic acids is 1. The summed E-state index contributed by atoms with van der Waals surface area (Å²) in [6.45, 7) is 0. The fraction of sp³-hybridized carbons (Fsp3) is 0.0526. The van der Waals surface area contributed by atoms with Gasteiger partial charge >= 0.3 is 0 Å². The number of hydrogen-bond acceptors (Lipinski definition) is 5. The molecule has 1 N–H and O–H groups in total. The normalized spacial score (nSPS) is 10.7. The van der Waals surface area contributed by atoms with Gasteiger partial charge in [0.25, 0.3) is 5.91 Å². The second-order valence-corrected chi connectivity index (χ2v) is 7.32. The largest absolute Gasteiger partial charge is 0.298 e. The Kier molecular flexibility index (Phi) is 4.95. The molecule has 0 saturated carbocycles. The first-order valence-corrected chi connectivity index (χ1v) is 9.32. The van der Waals surface area contributed by atoms with E-state index < -0.39 is 0 Å². The van der Waals surface area contributed by atoms with Gasteiger partial charge in [0.1, 0.15) is 12.1 Å². The van der Waals surface area contributed by atoms with Crippen LogP contribution in [0.2, 0.25) is 5.02 Å². The molecule has 4 aromatic rings. The van der Waals surface area contributed by atoms with Crippen molar-refractivity contribution in [3.05, 3.63) is 88.5 Å². The van der Waals surface area contributed by atoms with Crippen LogP contribution in [0.25, 0.3) is 5.82 Å². The summed E-state index contributed by atoms with van der Waals surface area (Å²) < 4.78 is 1.77. The molecule has 0 aliphatic rings. The predicted octanol–water partition coefficient (Wildman–Crippen LogP) is 4.22. The zero-order valence-corrected chi connectivity index (χ0v) is 15.6. The minimum atomic E-state index is -0.247. The second kappa shape index (κ2) is 7.69. The van der Waals surface area contributed by atoms with Gasteiger partial charge in [-0.25, -0.2) is 15.0 Å². The van der Waals surface area contributed by atoms with Gasteiger partial charge in [-0.05, 0) is 29.8 Å². The number of thiazole rings is 1. The topological polar surface area (TPSA) is 72.7 Å². The van der Waals surface area contributed by atoms with Crippen molar-refractivity contribution in [3.63, 3.8) is 0 Å². The van der Waals surface area contributed by atoms with Crippen molar-refractivity contribution in [3.8, 4) is 5.82 Å². The molecule has 27 heavy (non-hydrogen) atoms. The minimum Gasteiger partial charge on any atom is -0.298 e. The third-order valence-corrected chi connectivity index (χ3v) is 4.97. The van der Waals surface area contributed by atoms with Crippen LogP contribution in [0.1, 0.15) is 20.8 Å². The van der Waals surface area contributed by atoms with Crippen molar-refractivity contribution in [2.24, 2.45) is 0 Å². The van der Waals surface area contributed by atoms with Crippen LogP contribution in [0.4, 0.5) is 5.13 Å². The molecule has 0 spiro atoms. The molecule has 0 bridgehead atoms. The van der Waals surface area contributed by atoms with Crippen molar-refractivity contribution < 1.29 is 4.79 Å². The number of pyridine rings is 1. The van der Waals surface area contributed by atoms with Gasteiger partial charge in [-0.15, -0.1) is 11.3 Å². The molecular formula is C19H14ClN5OS. The van der Waals surface area contributed by atoms with E-state index in [0.717, 1.165) is 16.9 Å². The van der Waals surface area contributed by atoms with Crippen LogP contribution in [0.3, 0.4) is 0 Å². The Labute approximate surface area is 164 Å². The molecule has 0 unspecified atom stereocenters. The van der Waals surface area contributed by atoms with Crippen LogP contribution in [-0.2, 0) is 6.42 Å². The molecule has 0 atom stereocenters. The molecule has 0 radical (unpaired) electrons. The van der Waals surface area contributed by atoms with Gasteiger partial charge in [-0.3, -0.25) is 14.7 Å². The number of nitrogens with zero attached hydrogens (tertiary/aromatic N) is 4. The number of nitrogens with one attached hydrogen (secondary N) is 1. The maximum atomic E-state index is 12.4. The van der Waals surface area contributed by atoms with E-state index >= 15 is 0 Å². The molecule has 0 aliphatic heterocycles. The Balaban J connectivity index is 1.42. The lowest BCUT2D eigenvalue weighted by molar-refractivity contribution is 0.102. The Morgan fingerprint density at radius 2 is 2.11 bits per heavy atom. The third kappa shape index (κ3) is 4.21. The summed E-state index contributed by atoms with van der Waals surface area (Å²) >= 11 is 7.46. The fourth-order valence-corrected chi connectivity index (χ4v) is 3.59. The molecule has 6 nitrogen and oxygen atoms in total. The Morgan fingerprint density at radius 3 is 2.85 bits per heavy atom. The summed E-state index contributed by atoms with van der Waals surface area (Å²) in [4.78, 5) is 26.0. The smallest absolute Gasteiger partial charge is 0.259 e. The lowest BCUT2D eigenvalue weighted by Gasteiger charge is -2.04. The van der Waals surface area contributed by atoms with Crippen LogP contribution in [0.15, 0.2) is 67.5 Å². The van der Waals surface area contributed by atoms with Crippen LogP contribution in [-0.4, -0.2) is 25.4 Å². The summed E-state index contributed by atoms with van der Waals surface area (Å²) in [5.74, 6) is 0.449. The molecule has 1 aromatic carbocycles. The van der Waals surface area contributed by atoms with E-state index in [1.807, 2.05) is 24.3 Å². The van der Waals surface area contributed by atoms with Crippen molar-refractivity contribution in [1.29, 1.82) is 0 Å². The fourth-order valence-electron chi connectivity index (χ4n) is 2.53. The quantitative estimate of drug-likeness (QED) is 0.549. The van der Waals surface area contributed by atoms with E-state index in [0.29, 0.717) is 21.5 Å². The van der Waals surface area contributed by atoms with Crippen LogP contribution in [0, 0.1) is 0 Å². The standard InChI is InChI=1S/C19H14ClN5OS/c20-15-3-1-2-13(8-15)9-16-11-23-19(27-16)24-18(26)14-4-5-17(22-10-14)25-7-6-21-12-25/h1-8,10-12H,9H2,(H,23,24,26). The highest BCUT2D eigenvalue weighted by Crippen LogP contribution is 2.23. The van der Waals surface area contributed by atoms with Gasteiger partial charge in [0.15, 0.2) is 5.13 Å². The molecule has 0 fully saturated rings. The van der Waals surface area contributed by atoms with Gasteiger partial charge in [0, 0.05) is 41.1 Å². The molecule has 0 aliphatic carbocycles. The predicted molar refractivity (Wildman–Crippen MR) is 106 cm³/mol. The first-order valence-electron chi connectivity index (χ1n) is 8.12. The van der Waals surface area contributed by atoms with Crippen LogP contribution in [0.5, 0.6) is 0 Å². The minimum absolute atomic E-state index is 0.247. The maximum Gasteiger partial charge on any atom is 0.259 e. The highest BCUT2D eigenvalue weighted by atomic mass is 35.5. The zero-order chi connectivity index (χ0) is 18.6. The number of amides is 1. The number of aromatic nitrogens is 4. The molecule has 3 heterocycles. The maximum absolute atomic E-state index is 12.4. The molecule has 3 aromatic heterocycles. The summed E-state index contributed by atoms with van der Waals surface area (Å²) in [7, 11) is 0. The van der Waals surface area contributed by atoms with Crippen LogP contribution >= 0.6 is 22.9 Å². The lowest BCUT2D eigenvalue weighted by Crippen LogP contribution is -2.12. The summed E-state index contributed by atoms with van der Waals surface area (Å²) in [5.41, 5.74) is 1.56. The summed E-state index contributed by atoms with van der Waals surface area (Å²) in [6, 6.07) is 11.2. The van der Waals surface area contributed by atoms with Gasteiger partial charge in [-0.1, -0.05) is 23.7 Å². The molecule has 4 rings (SSSR count). The highest BCUT2D eigenvalue weighted by Gasteiger charge is 2.10. The second-order valence-electron chi connectivity index (χ2n) is 5.77. The Bertz CT molecular complexity index is 1060. The first-order chi connectivity index (χ1) is 13.2. The molecule has 8 heteroatoms. The molecule has 0 saturated heterocycles. The molecule has 134 valence electrons. The average molecular weight is 396 g/mol. The van der Waals surface area contributed by atoms with Gasteiger partial charge < -0.3 is 0 Å². The van der Waals surface area contributed by atoms with E-state index in [9.17, 15) is 4.79 Å².